The molecular formula is C17H17ClN2O4. The molecule has 1 amide bonds. The Balaban J connectivity index is 1.56. The zero-order valence-electron chi connectivity index (χ0n) is 13.0. The van der Waals surface area contributed by atoms with Gasteiger partial charge in [-0.3, -0.25) is 0 Å². The maximum atomic E-state index is 12.5. The number of amides is 1. The number of fused-ring (bicyclic) bond motifs is 5. The van der Waals surface area contributed by atoms with Gasteiger partial charge in [-0.25, -0.2) is 9.59 Å². The van der Waals surface area contributed by atoms with Crippen molar-refractivity contribution in [1.82, 2.24) is 9.80 Å². The summed E-state index contributed by atoms with van der Waals surface area (Å²) in [4.78, 5) is 28.2. The highest BCUT2D eigenvalue weighted by atomic mass is 35.5. The van der Waals surface area contributed by atoms with E-state index in [-0.39, 0.29) is 17.2 Å². The molecule has 126 valence electrons. The number of halogens is 1. The van der Waals surface area contributed by atoms with Gasteiger partial charge < -0.3 is 19.0 Å². The lowest BCUT2D eigenvalue weighted by Gasteiger charge is -2.30. The number of piperidine rings is 1. The molecule has 6 nitrogen and oxygen atoms in total. The van der Waals surface area contributed by atoms with Crippen molar-refractivity contribution in [3.05, 3.63) is 39.7 Å². The summed E-state index contributed by atoms with van der Waals surface area (Å²) in [6, 6.07) is 6.72. The lowest BCUT2D eigenvalue weighted by Crippen LogP contribution is -2.43. The SMILES string of the molecule is O=C(Oc1ccc2cc(Cl)c(=O)oc2c1)N1CCN2CCC1CC2. The Bertz CT molecular complexity index is 842. The zero-order chi connectivity index (χ0) is 16.7. The number of hydrogen-bond acceptors (Lipinski definition) is 5. The van der Waals surface area contributed by atoms with Crippen LogP contribution in [0.25, 0.3) is 11.0 Å². The molecule has 2 bridgehead atoms. The molecular weight excluding hydrogens is 332 g/mol. The maximum Gasteiger partial charge on any atom is 0.415 e. The molecule has 3 saturated heterocycles. The number of benzene rings is 1. The summed E-state index contributed by atoms with van der Waals surface area (Å²) in [6.07, 6.45) is 1.62. The second-order valence-electron chi connectivity index (χ2n) is 6.22. The summed E-state index contributed by atoms with van der Waals surface area (Å²) in [5.41, 5.74) is -0.260. The Labute approximate surface area is 143 Å². The standard InChI is InChI=1S/C17H17ClN2O4/c18-14-9-11-1-2-13(10-15(11)24-16(14)21)23-17(22)20-8-7-19-5-3-12(20)4-6-19/h1-2,9-10,12H,3-8H2. The normalized spacial score (nSPS) is 23.3. The Morgan fingerprint density at radius 1 is 1.17 bits per heavy atom. The van der Waals surface area contributed by atoms with E-state index in [1.165, 1.54) is 6.07 Å². The summed E-state index contributed by atoms with van der Waals surface area (Å²) >= 11 is 5.76. The minimum absolute atomic E-state index is 0.0302. The second kappa shape index (κ2) is 6.11. The quantitative estimate of drug-likeness (QED) is 0.741. The number of rotatable bonds is 1. The first kappa shape index (κ1) is 15.5. The largest absolute Gasteiger partial charge is 0.422 e. The molecule has 3 aliphatic rings. The van der Waals surface area contributed by atoms with Crippen LogP contribution in [-0.4, -0.2) is 48.1 Å². The first-order valence-corrected chi connectivity index (χ1v) is 8.42. The van der Waals surface area contributed by atoms with Crippen LogP contribution in [0.15, 0.2) is 33.5 Å². The molecule has 0 unspecified atom stereocenters. The number of hydrogen-bond donors (Lipinski definition) is 0. The van der Waals surface area contributed by atoms with Gasteiger partial charge in [0.2, 0.25) is 0 Å². The molecule has 24 heavy (non-hydrogen) atoms. The van der Waals surface area contributed by atoms with E-state index in [0.29, 0.717) is 23.3 Å². The van der Waals surface area contributed by atoms with Crippen LogP contribution < -0.4 is 10.4 Å². The summed E-state index contributed by atoms with van der Waals surface area (Å²) in [5, 5.41) is 0.711. The van der Waals surface area contributed by atoms with Gasteiger partial charge in [0.05, 0.1) is 0 Å². The monoisotopic (exact) mass is 348 g/mol. The van der Waals surface area contributed by atoms with Crippen molar-refractivity contribution in [2.75, 3.05) is 26.2 Å². The Morgan fingerprint density at radius 3 is 2.75 bits per heavy atom. The van der Waals surface area contributed by atoms with Crippen molar-refractivity contribution >= 4 is 28.7 Å². The molecule has 0 radical (unpaired) electrons. The fourth-order valence-electron chi connectivity index (χ4n) is 3.42. The smallest absolute Gasteiger partial charge is 0.415 e. The molecule has 4 heterocycles. The maximum absolute atomic E-state index is 12.5. The predicted molar refractivity (Wildman–Crippen MR) is 89.7 cm³/mol. The van der Waals surface area contributed by atoms with Crippen molar-refractivity contribution in [3.8, 4) is 5.75 Å². The lowest BCUT2D eigenvalue weighted by atomic mass is 10.1. The molecule has 0 N–H and O–H groups in total. The summed E-state index contributed by atoms with van der Waals surface area (Å²) in [7, 11) is 0. The molecule has 2 aromatic rings. The Kier molecular flexibility index (Phi) is 3.94. The second-order valence-corrected chi connectivity index (χ2v) is 6.62. The van der Waals surface area contributed by atoms with Gasteiger partial charge in [0, 0.05) is 43.7 Å². The third-order valence-corrected chi connectivity index (χ3v) is 5.02. The molecule has 5 rings (SSSR count). The highest BCUT2D eigenvalue weighted by Gasteiger charge is 2.32. The summed E-state index contributed by atoms with van der Waals surface area (Å²) in [6.45, 7) is 3.64. The molecule has 0 saturated carbocycles. The van der Waals surface area contributed by atoms with Gasteiger partial charge in [-0.2, -0.15) is 0 Å². The van der Waals surface area contributed by atoms with E-state index < -0.39 is 5.63 Å². The van der Waals surface area contributed by atoms with Crippen LogP contribution >= 0.6 is 11.6 Å². The van der Waals surface area contributed by atoms with Gasteiger partial charge in [0.25, 0.3) is 0 Å². The van der Waals surface area contributed by atoms with Crippen molar-refractivity contribution in [3.63, 3.8) is 0 Å². The highest BCUT2D eigenvalue weighted by Crippen LogP contribution is 2.25. The minimum atomic E-state index is -0.605. The van der Waals surface area contributed by atoms with Crippen LogP contribution in [0.2, 0.25) is 5.02 Å². The van der Waals surface area contributed by atoms with Crippen LogP contribution in [0.1, 0.15) is 12.8 Å². The molecule has 1 aromatic carbocycles. The number of nitrogens with zero attached hydrogens (tertiary/aromatic N) is 2. The van der Waals surface area contributed by atoms with E-state index in [1.54, 1.807) is 18.2 Å². The van der Waals surface area contributed by atoms with Gasteiger partial charge in [-0.05, 0) is 31.0 Å². The fraction of sp³-hybridized carbons (Fsp3) is 0.412. The highest BCUT2D eigenvalue weighted by molar-refractivity contribution is 6.30. The molecule has 1 aromatic heterocycles. The van der Waals surface area contributed by atoms with Gasteiger partial charge in [-0.15, -0.1) is 0 Å². The van der Waals surface area contributed by atoms with Crippen molar-refractivity contribution < 1.29 is 13.9 Å². The van der Waals surface area contributed by atoms with E-state index in [0.717, 1.165) is 32.5 Å². The van der Waals surface area contributed by atoms with Crippen molar-refractivity contribution in [2.45, 2.75) is 18.9 Å². The molecule has 3 aliphatic heterocycles. The van der Waals surface area contributed by atoms with E-state index in [2.05, 4.69) is 4.90 Å². The van der Waals surface area contributed by atoms with Crippen LogP contribution in [0.5, 0.6) is 5.75 Å². The topological polar surface area (TPSA) is 63.0 Å². The van der Waals surface area contributed by atoms with Crippen LogP contribution in [0, 0.1) is 0 Å². The van der Waals surface area contributed by atoms with E-state index in [9.17, 15) is 9.59 Å². The Morgan fingerprint density at radius 2 is 1.96 bits per heavy atom. The molecule has 0 atom stereocenters. The van der Waals surface area contributed by atoms with E-state index in [4.69, 9.17) is 20.8 Å². The van der Waals surface area contributed by atoms with Gasteiger partial charge in [0.15, 0.2) is 0 Å². The van der Waals surface area contributed by atoms with Gasteiger partial charge >= 0.3 is 11.7 Å². The first-order valence-electron chi connectivity index (χ1n) is 8.04. The van der Waals surface area contributed by atoms with Crippen LogP contribution in [0.3, 0.4) is 0 Å². The third-order valence-electron chi connectivity index (χ3n) is 4.76. The van der Waals surface area contributed by atoms with Crippen LogP contribution in [-0.2, 0) is 0 Å². The number of carbonyl (C=O) groups excluding carboxylic acids is 1. The number of carbonyl (C=O) groups is 1. The predicted octanol–water partition coefficient (Wildman–Crippen LogP) is 2.73. The van der Waals surface area contributed by atoms with Gasteiger partial charge in [-0.1, -0.05) is 11.6 Å². The molecule has 0 aliphatic carbocycles. The zero-order valence-corrected chi connectivity index (χ0v) is 13.8. The van der Waals surface area contributed by atoms with Crippen molar-refractivity contribution in [2.24, 2.45) is 0 Å². The average molecular weight is 349 g/mol. The summed E-state index contributed by atoms with van der Waals surface area (Å²) in [5.74, 6) is 0.358. The lowest BCUT2D eigenvalue weighted by molar-refractivity contribution is 0.131. The van der Waals surface area contributed by atoms with E-state index >= 15 is 0 Å². The van der Waals surface area contributed by atoms with Gasteiger partial charge in [0.1, 0.15) is 16.4 Å². The Hall–Kier alpha value is -2.05. The van der Waals surface area contributed by atoms with E-state index in [1.807, 2.05) is 4.90 Å². The summed E-state index contributed by atoms with van der Waals surface area (Å²) < 4.78 is 10.6. The fourth-order valence-corrected chi connectivity index (χ4v) is 3.57. The van der Waals surface area contributed by atoms with Crippen LogP contribution in [0.4, 0.5) is 4.79 Å². The number of ether oxygens (including phenoxy) is 1. The van der Waals surface area contributed by atoms with Crippen molar-refractivity contribution in [1.29, 1.82) is 0 Å². The average Bonchev–Trinajstić information content (AvgIpc) is 2.90. The third kappa shape index (κ3) is 2.87. The molecule has 3 fully saturated rings. The first-order chi connectivity index (χ1) is 11.6. The molecule has 7 heteroatoms. The molecule has 0 spiro atoms. The minimum Gasteiger partial charge on any atom is -0.422 e.